The van der Waals surface area contributed by atoms with Gasteiger partial charge in [-0.2, -0.15) is 5.06 Å². The number of benzene rings is 2. The van der Waals surface area contributed by atoms with Crippen molar-refractivity contribution in [3.05, 3.63) is 84.1 Å². The topological polar surface area (TPSA) is 98.7 Å². The summed E-state index contributed by atoms with van der Waals surface area (Å²) in [4.78, 5) is 39.4. The monoisotopic (exact) mass is 479 g/mol. The van der Waals surface area contributed by atoms with Crippen molar-refractivity contribution < 1.29 is 19.6 Å². The van der Waals surface area contributed by atoms with Crippen molar-refractivity contribution in [1.29, 1.82) is 0 Å². The Morgan fingerprint density at radius 3 is 1.86 bits per heavy atom. The highest BCUT2D eigenvalue weighted by Gasteiger charge is 2.43. The maximum atomic E-state index is 13.6. The van der Waals surface area contributed by atoms with E-state index in [-0.39, 0.29) is 23.9 Å². The molecule has 2 rings (SSSR count). The van der Waals surface area contributed by atoms with Crippen LogP contribution in [0, 0.1) is 11.8 Å². The van der Waals surface area contributed by atoms with E-state index in [1.54, 1.807) is 0 Å². The Morgan fingerprint density at radius 2 is 1.46 bits per heavy atom. The second kappa shape index (κ2) is 12.3. The smallest absolute Gasteiger partial charge is 0.251 e. The molecule has 3 amide bonds. The number of hydroxylamine groups is 2. The highest BCUT2D eigenvalue weighted by Crippen LogP contribution is 2.36. The van der Waals surface area contributed by atoms with Crippen molar-refractivity contribution >= 4 is 17.7 Å². The van der Waals surface area contributed by atoms with Crippen LogP contribution >= 0.6 is 0 Å². The lowest BCUT2D eigenvalue weighted by Crippen LogP contribution is -2.58. The van der Waals surface area contributed by atoms with Crippen molar-refractivity contribution in [1.82, 2.24) is 15.7 Å². The highest BCUT2D eigenvalue weighted by atomic mass is 16.5. The molecular weight excluding hydrogens is 442 g/mol. The molecule has 0 bridgehead atoms. The average molecular weight is 480 g/mol. The maximum Gasteiger partial charge on any atom is 0.251 e. The molecule has 0 fully saturated rings. The van der Waals surface area contributed by atoms with Gasteiger partial charge in [-0.15, -0.1) is 0 Å². The van der Waals surface area contributed by atoms with Gasteiger partial charge < -0.3 is 10.6 Å². The zero-order chi connectivity index (χ0) is 26.2. The Labute approximate surface area is 208 Å². The third-order valence-corrected chi connectivity index (χ3v) is 6.27. The molecule has 1 unspecified atom stereocenters. The first-order valence-electron chi connectivity index (χ1n) is 11.8. The zero-order valence-corrected chi connectivity index (χ0v) is 21.2. The van der Waals surface area contributed by atoms with E-state index in [4.69, 9.17) is 0 Å². The Balaban J connectivity index is 2.51. The van der Waals surface area contributed by atoms with Gasteiger partial charge in [0.25, 0.3) is 5.91 Å². The second-order valence-electron chi connectivity index (χ2n) is 9.46. The first-order valence-corrected chi connectivity index (χ1v) is 11.8. The number of nitrogens with zero attached hydrogens (tertiary/aromatic N) is 1. The lowest BCUT2D eigenvalue weighted by Gasteiger charge is -2.39. The largest absolute Gasteiger partial charge is 0.357 e. The maximum absolute atomic E-state index is 13.6. The van der Waals surface area contributed by atoms with Crippen LogP contribution in [0.2, 0.25) is 0 Å². The number of allylic oxidation sites excluding steroid dienone is 1. The molecule has 7 heteroatoms. The summed E-state index contributed by atoms with van der Waals surface area (Å²) in [6.07, 6.45) is 0.205. The molecule has 0 spiro atoms. The predicted molar refractivity (Wildman–Crippen MR) is 136 cm³/mol. The summed E-state index contributed by atoms with van der Waals surface area (Å²) in [5.74, 6) is -2.02. The summed E-state index contributed by atoms with van der Waals surface area (Å²) in [7, 11) is 1.53. The first kappa shape index (κ1) is 27.8. The molecule has 0 aliphatic carbocycles. The molecule has 0 saturated heterocycles. The third-order valence-electron chi connectivity index (χ3n) is 6.27. The number of amides is 3. The third kappa shape index (κ3) is 6.79. The van der Waals surface area contributed by atoms with Crippen molar-refractivity contribution in [3.8, 4) is 0 Å². The molecule has 0 aliphatic heterocycles. The molecule has 2 aromatic rings. The molecule has 0 radical (unpaired) electrons. The van der Waals surface area contributed by atoms with Crippen molar-refractivity contribution in [3.63, 3.8) is 0 Å². The van der Waals surface area contributed by atoms with E-state index in [0.717, 1.165) is 11.1 Å². The summed E-state index contributed by atoms with van der Waals surface area (Å²) < 4.78 is 0. The number of likely N-dealkylation sites (N-methyl/N-ethyl adjacent to an activating group) is 1. The van der Waals surface area contributed by atoms with Crippen LogP contribution in [-0.2, 0) is 19.8 Å². The van der Waals surface area contributed by atoms with Crippen molar-refractivity contribution in [2.75, 3.05) is 7.05 Å². The molecule has 0 aromatic heterocycles. The van der Waals surface area contributed by atoms with Gasteiger partial charge in [0.1, 0.15) is 6.04 Å². The fourth-order valence-electron chi connectivity index (χ4n) is 4.31. The average Bonchev–Trinajstić information content (AvgIpc) is 2.85. The summed E-state index contributed by atoms with van der Waals surface area (Å²) >= 11 is 0. The number of nitrogens with one attached hydrogen (secondary N) is 2. The SMILES string of the molecule is C=C(C)N(O)C(=O)C[C@@H](CC(C)C)C(=O)NC(C(=O)NC)C(C)(c1ccccc1)c1ccccc1. The van der Waals surface area contributed by atoms with Gasteiger partial charge in [-0.1, -0.05) is 81.1 Å². The number of carbonyl (C=O) groups is 3. The minimum absolute atomic E-state index is 0.114. The van der Waals surface area contributed by atoms with Crippen LogP contribution in [0.15, 0.2) is 72.9 Å². The Hall–Kier alpha value is -3.45. The molecule has 0 aliphatic rings. The molecule has 7 nitrogen and oxygen atoms in total. The Bertz CT molecular complexity index is 982. The molecule has 35 heavy (non-hydrogen) atoms. The summed E-state index contributed by atoms with van der Waals surface area (Å²) in [6.45, 7) is 10.9. The Morgan fingerprint density at radius 1 is 0.971 bits per heavy atom. The molecule has 2 atom stereocenters. The minimum atomic E-state index is -0.957. The summed E-state index contributed by atoms with van der Waals surface area (Å²) in [5.41, 5.74) is 0.995. The number of carbonyl (C=O) groups excluding carboxylic acids is 3. The van der Waals surface area contributed by atoms with Crippen LogP contribution in [0.25, 0.3) is 0 Å². The number of rotatable bonds is 11. The quantitative estimate of drug-likeness (QED) is 0.335. The van der Waals surface area contributed by atoms with Crippen LogP contribution in [0.5, 0.6) is 0 Å². The van der Waals surface area contributed by atoms with Gasteiger partial charge in [-0.25, -0.2) is 0 Å². The normalized spacial score (nSPS) is 13.0. The lowest BCUT2D eigenvalue weighted by atomic mass is 9.70. The van der Waals surface area contributed by atoms with Crippen LogP contribution in [0.3, 0.4) is 0 Å². The number of hydrogen-bond donors (Lipinski definition) is 3. The zero-order valence-electron chi connectivity index (χ0n) is 21.2. The lowest BCUT2D eigenvalue weighted by molar-refractivity contribution is -0.159. The van der Waals surface area contributed by atoms with Crippen LogP contribution in [-0.4, -0.2) is 41.1 Å². The molecule has 0 heterocycles. The summed E-state index contributed by atoms with van der Waals surface area (Å²) in [5, 5.41) is 16.1. The van der Waals surface area contributed by atoms with Crippen LogP contribution in [0.1, 0.15) is 51.7 Å². The molecule has 2 aromatic carbocycles. The molecule has 0 saturated carbocycles. The summed E-state index contributed by atoms with van der Waals surface area (Å²) in [6, 6.07) is 18.1. The van der Waals surface area contributed by atoms with Gasteiger partial charge in [0.15, 0.2) is 0 Å². The van der Waals surface area contributed by atoms with E-state index < -0.39 is 29.2 Å². The van der Waals surface area contributed by atoms with Gasteiger partial charge in [0.2, 0.25) is 11.8 Å². The molecule has 188 valence electrons. The Kier molecular flexibility index (Phi) is 9.78. The van der Waals surface area contributed by atoms with E-state index in [0.29, 0.717) is 11.5 Å². The van der Waals surface area contributed by atoms with Crippen LogP contribution in [0.4, 0.5) is 0 Å². The highest BCUT2D eigenvalue weighted by molar-refractivity contribution is 5.92. The van der Waals surface area contributed by atoms with E-state index >= 15 is 0 Å². The first-order chi connectivity index (χ1) is 16.5. The van der Waals surface area contributed by atoms with Gasteiger partial charge in [0, 0.05) is 30.5 Å². The van der Waals surface area contributed by atoms with Gasteiger partial charge >= 0.3 is 0 Å². The van der Waals surface area contributed by atoms with Gasteiger partial charge in [0.05, 0.1) is 0 Å². The second-order valence-corrected chi connectivity index (χ2v) is 9.46. The van der Waals surface area contributed by atoms with E-state index in [1.165, 1.54) is 14.0 Å². The van der Waals surface area contributed by atoms with Crippen LogP contribution < -0.4 is 10.6 Å². The molecular formula is C28H37N3O4. The van der Waals surface area contributed by atoms with Gasteiger partial charge in [-0.05, 0) is 37.3 Å². The van der Waals surface area contributed by atoms with E-state index in [9.17, 15) is 19.6 Å². The van der Waals surface area contributed by atoms with Gasteiger partial charge in [-0.3, -0.25) is 19.6 Å². The molecule has 3 N–H and O–H groups in total. The fraction of sp³-hybridized carbons (Fsp3) is 0.393. The number of hydrogen-bond acceptors (Lipinski definition) is 4. The standard InChI is InChI=1S/C28H37N3O4/c1-19(2)17-21(18-24(32)31(35)20(3)4)26(33)30-25(27(34)29-6)28(5,22-13-9-7-10-14-22)23-15-11-8-12-16-23/h7-16,19,21,25,35H,3,17-18H2,1-2,4-6H3,(H,29,34)(H,30,33)/t21-,25?/m1/s1. The van der Waals surface area contributed by atoms with E-state index in [2.05, 4.69) is 17.2 Å². The van der Waals surface area contributed by atoms with Crippen molar-refractivity contribution in [2.45, 2.75) is 52.0 Å². The minimum Gasteiger partial charge on any atom is -0.357 e. The van der Waals surface area contributed by atoms with E-state index in [1.807, 2.05) is 81.4 Å². The predicted octanol–water partition coefficient (Wildman–Crippen LogP) is 4.03. The fourth-order valence-corrected chi connectivity index (χ4v) is 4.31. The van der Waals surface area contributed by atoms with Crippen molar-refractivity contribution in [2.24, 2.45) is 11.8 Å².